The van der Waals surface area contributed by atoms with Gasteiger partial charge in [0.05, 0.1) is 6.54 Å². The molecule has 0 aliphatic carbocycles. The summed E-state index contributed by atoms with van der Waals surface area (Å²) in [6.07, 6.45) is 2.26. The van der Waals surface area contributed by atoms with Gasteiger partial charge in [-0.2, -0.15) is 16.3 Å². The van der Waals surface area contributed by atoms with Crippen molar-refractivity contribution in [3.63, 3.8) is 0 Å². The van der Waals surface area contributed by atoms with Gasteiger partial charge in [-0.05, 0) is 30.8 Å². The second-order valence-corrected chi connectivity index (χ2v) is 5.44. The molecule has 3 heterocycles. The number of piperidine rings is 1. The molecule has 19 heavy (non-hydrogen) atoms. The molecule has 1 unspecified atom stereocenters. The Morgan fingerprint density at radius 2 is 2.42 bits per heavy atom. The van der Waals surface area contributed by atoms with E-state index in [2.05, 4.69) is 15.0 Å². The van der Waals surface area contributed by atoms with Crippen LogP contribution in [0.1, 0.15) is 18.7 Å². The van der Waals surface area contributed by atoms with Gasteiger partial charge < -0.3 is 10.3 Å². The molecule has 1 aliphatic rings. The van der Waals surface area contributed by atoms with Crippen LogP contribution in [0.3, 0.4) is 0 Å². The lowest BCUT2D eigenvalue weighted by Crippen LogP contribution is -2.42. The zero-order chi connectivity index (χ0) is 12.4. The van der Waals surface area contributed by atoms with Crippen LogP contribution in [0.2, 0.25) is 0 Å². The van der Waals surface area contributed by atoms with Crippen LogP contribution in [0.5, 0.6) is 0 Å². The summed E-state index contributed by atoms with van der Waals surface area (Å²) in [5.41, 5.74) is 6.97. The molecule has 1 fully saturated rings. The average molecular weight is 301 g/mol. The molecule has 0 aromatic carbocycles. The Hall–Kier alpha value is -0.950. The van der Waals surface area contributed by atoms with E-state index in [1.54, 1.807) is 11.3 Å². The first kappa shape index (κ1) is 14.5. The Balaban J connectivity index is 0.00000133. The van der Waals surface area contributed by atoms with Gasteiger partial charge in [0.25, 0.3) is 0 Å². The average Bonchev–Trinajstić information content (AvgIpc) is 2.98. The molecule has 3 rings (SSSR count). The quantitative estimate of drug-likeness (QED) is 0.940. The lowest BCUT2D eigenvalue weighted by molar-refractivity contribution is 0.178. The second-order valence-electron chi connectivity index (χ2n) is 4.66. The Morgan fingerprint density at radius 1 is 1.53 bits per heavy atom. The standard InChI is InChI=1S/C12H16N4OS.ClH/c13-10-2-1-4-16(6-10)7-11-14-12(15-17-11)9-3-5-18-8-9;/h3,5,8,10H,1-2,4,6-7,13H2;1H. The van der Waals surface area contributed by atoms with Gasteiger partial charge in [-0.1, -0.05) is 5.16 Å². The van der Waals surface area contributed by atoms with E-state index in [1.807, 2.05) is 16.8 Å². The SMILES string of the molecule is Cl.NC1CCCN(Cc2nc(-c3ccsc3)no2)C1. The molecule has 0 spiro atoms. The van der Waals surface area contributed by atoms with Crippen molar-refractivity contribution in [2.45, 2.75) is 25.4 Å². The molecule has 1 aliphatic heterocycles. The molecular weight excluding hydrogens is 284 g/mol. The van der Waals surface area contributed by atoms with Crippen molar-refractivity contribution in [1.82, 2.24) is 15.0 Å². The van der Waals surface area contributed by atoms with Crippen molar-refractivity contribution in [2.75, 3.05) is 13.1 Å². The molecule has 2 aromatic rings. The van der Waals surface area contributed by atoms with Crippen LogP contribution >= 0.6 is 23.7 Å². The molecule has 7 heteroatoms. The maximum absolute atomic E-state index is 5.95. The van der Waals surface area contributed by atoms with Crippen molar-refractivity contribution in [1.29, 1.82) is 0 Å². The summed E-state index contributed by atoms with van der Waals surface area (Å²) in [4.78, 5) is 6.70. The van der Waals surface area contributed by atoms with Crippen molar-refractivity contribution in [3.8, 4) is 11.4 Å². The highest BCUT2D eigenvalue weighted by Gasteiger charge is 2.19. The van der Waals surface area contributed by atoms with Gasteiger partial charge in [0, 0.05) is 23.5 Å². The zero-order valence-corrected chi connectivity index (χ0v) is 12.1. The first-order chi connectivity index (χ1) is 8.81. The summed E-state index contributed by atoms with van der Waals surface area (Å²) in [6, 6.07) is 2.27. The van der Waals surface area contributed by atoms with Gasteiger partial charge in [0.15, 0.2) is 0 Å². The van der Waals surface area contributed by atoms with Crippen LogP contribution < -0.4 is 5.73 Å². The summed E-state index contributed by atoms with van der Waals surface area (Å²) < 4.78 is 5.29. The smallest absolute Gasteiger partial charge is 0.241 e. The first-order valence-electron chi connectivity index (χ1n) is 6.14. The summed E-state index contributed by atoms with van der Waals surface area (Å²) >= 11 is 1.63. The van der Waals surface area contributed by atoms with Crippen molar-refractivity contribution in [2.24, 2.45) is 5.73 Å². The number of likely N-dealkylation sites (tertiary alicyclic amines) is 1. The van der Waals surface area contributed by atoms with Gasteiger partial charge in [0.1, 0.15) is 0 Å². The Labute approximate surface area is 122 Å². The third kappa shape index (κ3) is 3.54. The molecular formula is C12H17ClN4OS. The minimum Gasteiger partial charge on any atom is -0.338 e. The number of hydrogen-bond acceptors (Lipinski definition) is 6. The van der Waals surface area contributed by atoms with Gasteiger partial charge >= 0.3 is 0 Å². The minimum absolute atomic E-state index is 0. The van der Waals surface area contributed by atoms with E-state index in [4.69, 9.17) is 10.3 Å². The molecule has 0 amide bonds. The topological polar surface area (TPSA) is 68.2 Å². The van der Waals surface area contributed by atoms with Crippen LogP contribution in [-0.4, -0.2) is 34.2 Å². The van der Waals surface area contributed by atoms with Crippen LogP contribution in [0.15, 0.2) is 21.3 Å². The highest BCUT2D eigenvalue weighted by molar-refractivity contribution is 7.08. The van der Waals surface area contributed by atoms with E-state index in [1.165, 1.54) is 0 Å². The molecule has 2 aromatic heterocycles. The van der Waals surface area contributed by atoms with Crippen LogP contribution in [0.4, 0.5) is 0 Å². The predicted octanol–water partition coefficient (Wildman–Crippen LogP) is 2.14. The number of nitrogens with two attached hydrogens (primary N) is 1. The summed E-state index contributed by atoms with van der Waals surface area (Å²) in [7, 11) is 0. The maximum Gasteiger partial charge on any atom is 0.241 e. The van der Waals surface area contributed by atoms with Crippen molar-refractivity contribution in [3.05, 3.63) is 22.7 Å². The molecule has 0 saturated carbocycles. The molecule has 1 saturated heterocycles. The number of hydrogen-bond donors (Lipinski definition) is 1. The van der Waals surface area contributed by atoms with Crippen LogP contribution in [0.25, 0.3) is 11.4 Å². The van der Waals surface area contributed by atoms with E-state index in [9.17, 15) is 0 Å². The monoisotopic (exact) mass is 300 g/mol. The van der Waals surface area contributed by atoms with Crippen LogP contribution in [-0.2, 0) is 6.54 Å². The second kappa shape index (κ2) is 6.47. The minimum atomic E-state index is 0. The van der Waals surface area contributed by atoms with E-state index < -0.39 is 0 Å². The molecule has 2 N–H and O–H groups in total. The number of rotatable bonds is 3. The third-order valence-corrected chi connectivity index (χ3v) is 3.83. The lowest BCUT2D eigenvalue weighted by atomic mass is 10.1. The first-order valence-corrected chi connectivity index (χ1v) is 7.08. The molecule has 0 radical (unpaired) electrons. The van der Waals surface area contributed by atoms with Gasteiger partial charge in [-0.15, -0.1) is 12.4 Å². The fourth-order valence-electron chi connectivity index (χ4n) is 2.25. The number of aromatic nitrogens is 2. The highest BCUT2D eigenvalue weighted by atomic mass is 35.5. The zero-order valence-electron chi connectivity index (χ0n) is 10.5. The van der Waals surface area contributed by atoms with E-state index in [0.717, 1.165) is 31.5 Å². The van der Waals surface area contributed by atoms with Crippen molar-refractivity contribution >= 4 is 23.7 Å². The summed E-state index contributed by atoms with van der Waals surface area (Å²) in [5.74, 6) is 1.35. The maximum atomic E-state index is 5.95. The van der Waals surface area contributed by atoms with Crippen LogP contribution in [0, 0.1) is 0 Å². The lowest BCUT2D eigenvalue weighted by Gasteiger charge is -2.29. The summed E-state index contributed by atoms with van der Waals surface area (Å²) in [5, 5.41) is 8.03. The highest BCUT2D eigenvalue weighted by Crippen LogP contribution is 2.19. The van der Waals surface area contributed by atoms with E-state index in [-0.39, 0.29) is 18.4 Å². The van der Waals surface area contributed by atoms with Gasteiger partial charge in [-0.3, -0.25) is 4.90 Å². The molecule has 5 nitrogen and oxygen atoms in total. The molecule has 104 valence electrons. The van der Waals surface area contributed by atoms with Gasteiger partial charge in [0.2, 0.25) is 11.7 Å². The number of halogens is 1. The Kier molecular flexibility index (Phi) is 4.93. The van der Waals surface area contributed by atoms with E-state index in [0.29, 0.717) is 18.3 Å². The molecule has 0 bridgehead atoms. The fourth-order valence-corrected chi connectivity index (χ4v) is 2.89. The Bertz CT molecular complexity index is 502. The predicted molar refractivity (Wildman–Crippen MR) is 77.3 cm³/mol. The van der Waals surface area contributed by atoms with Crippen molar-refractivity contribution < 1.29 is 4.52 Å². The number of nitrogens with zero attached hydrogens (tertiary/aromatic N) is 3. The normalized spacial score (nSPS) is 20.2. The van der Waals surface area contributed by atoms with E-state index >= 15 is 0 Å². The fraction of sp³-hybridized carbons (Fsp3) is 0.500. The third-order valence-electron chi connectivity index (χ3n) is 3.15. The Morgan fingerprint density at radius 3 is 3.16 bits per heavy atom. The number of thiophene rings is 1. The summed E-state index contributed by atoms with van der Waals surface area (Å²) in [6.45, 7) is 2.67. The largest absolute Gasteiger partial charge is 0.338 e. The van der Waals surface area contributed by atoms with Gasteiger partial charge in [-0.25, -0.2) is 0 Å². The molecule has 1 atom stereocenters.